The van der Waals surface area contributed by atoms with E-state index in [2.05, 4.69) is 62.4 Å². The minimum absolute atomic E-state index is 0. The molecule has 0 saturated carbocycles. The summed E-state index contributed by atoms with van der Waals surface area (Å²) in [5, 5.41) is 2.81. The molecule has 0 aliphatic heterocycles. The van der Waals surface area contributed by atoms with E-state index in [4.69, 9.17) is 0 Å². The van der Waals surface area contributed by atoms with Crippen LogP contribution in [-0.2, 0) is 0 Å². The summed E-state index contributed by atoms with van der Waals surface area (Å²) < 4.78 is 0. The Kier molecular flexibility index (Phi) is 4.99. The van der Waals surface area contributed by atoms with Crippen LogP contribution in [0.3, 0.4) is 0 Å². The van der Waals surface area contributed by atoms with Crippen molar-refractivity contribution in [3.63, 3.8) is 0 Å². The molecule has 0 N–H and O–H groups in total. The van der Waals surface area contributed by atoms with Crippen LogP contribution >= 0.6 is 21.0 Å². The Morgan fingerprint density at radius 2 is 0.938 bits per heavy atom. The van der Waals surface area contributed by atoms with E-state index < -0.39 is 0 Å². The molecule has 2 aromatic rings. The van der Waals surface area contributed by atoms with Gasteiger partial charge in [-0.15, -0.1) is 12.4 Å². The molecule has 0 aromatic heterocycles. The van der Waals surface area contributed by atoms with E-state index >= 15 is 0 Å². The van der Waals surface area contributed by atoms with Gasteiger partial charge in [-0.3, -0.25) is 0 Å². The average molecular weight is 251 g/mol. The van der Waals surface area contributed by atoms with Gasteiger partial charge in [0.25, 0.3) is 0 Å². The normalized spacial score (nSPS) is 9.62. The first-order chi connectivity index (χ1) is 7.24. The lowest BCUT2D eigenvalue weighted by atomic mass is 10.2. The Morgan fingerprint density at radius 3 is 1.25 bits per heavy atom. The second-order valence-corrected chi connectivity index (χ2v) is 5.26. The van der Waals surface area contributed by atoms with Crippen LogP contribution in [0.2, 0.25) is 0 Å². The van der Waals surface area contributed by atoms with E-state index in [9.17, 15) is 0 Å². The highest BCUT2D eigenvalue weighted by atomic mass is 35.5. The summed E-state index contributed by atoms with van der Waals surface area (Å²) >= 11 is 0. The first-order valence-corrected chi connectivity index (χ1v) is 6.14. The number of aryl methyl sites for hydroxylation is 2. The van der Waals surface area contributed by atoms with Gasteiger partial charge in [-0.1, -0.05) is 68.2 Å². The smallest absolute Gasteiger partial charge is 0.0226 e. The van der Waals surface area contributed by atoms with Crippen molar-refractivity contribution >= 4 is 31.6 Å². The van der Waals surface area contributed by atoms with Crippen molar-refractivity contribution in [3.05, 3.63) is 59.7 Å². The van der Waals surface area contributed by atoms with Crippen LogP contribution in [0.15, 0.2) is 48.5 Å². The number of hydrogen-bond donors (Lipinski definition) is 0. The van der Waals surface area contributed by atoms with E-state index in [0.29, 0.717) is 0 Å². The zero-order chi connectivity index (χ0) is 10.7. The number of rotatable bonds is 2. The summed E-state index contributed by atoms with van der Waals surface area (Å²) in [6.07, 6.45) is 0. The van der Waals surface area contributed by atoms with Crippen molar-refractivity contribution in [1.82, 2.24) is 0 Å². The molecule has 2 heteroatoms. The third kappa shape index (κ3) is 3.63. The number of benzene rings is 2. The molecule has 0 aliphatic rings. The number of hydrogen-bond acceptors (Lipinski definition) is 0. The van der Waals surface area contributed by atoms with Gasteiger partial charge in [0, 0.05) is 0 Å². The molecule has 84 valence electrons. The fourth-order valence-corrected chi connectivity index (χ4v) is 2.44. The lowest BCUT2D eigenvalue weighted by Crippen LogP contribution is -2.02. The quantitative estimate of drug-likeness (QED) is 0.717. The summed E-state index contributed by atoms with van der Waals surface area (Å²) in [6, 6.07) is 17.6. The number of halogens is 1. The maximum absolute atomic E-state index is 2.22. The topological polar surface area (TPSA) is 0 Å². The second kappa shape index (κ2) is 6.03. The molecule has 2 aromatic carbocycles. The fraction of sp³-hybridized carbons (Fsp3) is 0.143. The Balaban J connectivity index is 0.00000128. The SMILES string of the molecule is Cc1ccc(Pc2ccc(C)cc2)cc1.Cl. The van der Waals surface area contributed by atoms with Crippen molar-refractivity contribution in [3.8, 4) is 0 Å². The van der Waals surface area contributed by atoms with Gasteiger partial charge in [0.2, 0.25) is 0 Å². The Bertz CT molecular complexity index is 388. The molecule has 0 radical (unpaired) electrons. The highest BCUT2D eigenvalue weighted by molar-refractivity contribution is 7.55. The lowest BCUT2D eigenvalue weighted by Gasteiger charge is -2.03. The molecule has 16 heavy (non-hydrogen) atoms. The minimum atomic E-state index is 0. The van der Waals surface area contributed by atoms with Crippen LogP contribution in [0.5, 0.6) is 0 Å². The van der Waals surface area contributed by atoms with Gasteiger partial charge in [0.05, 0.1) is 0 Å². The van der Waals surface area contributed by atoms with Gasteiger partial charge in [-0.2, -0.15) is 0 Å². The monoisotopic (exact) mass is 250 g/mol. The zero-order valence-electron chi connectivity index (χ0n) is 9.53. The molecule has 0 unspecified atom stereocenters. The lowest BCUT2D eigenvalue weighted by molar-refractivity contribution is 1.49. The summed E-state index contributed by atoms with van der Waals surface area (Å²) in [6.45, 7) is 4.25. The van der Waals surface area contributed by atoms with Crippen LogP contribution in [0.25, 0.3) is 0 Å². The average Bonchev–Trinajstić information content (AvgIpc) is 2.25. The van der Waals surface area contributed by atoms with Gasteiger partial charge >= 0.3 is 0 Å². The van der Waals surface area contributed by atoms with Crippen LogP contribution in [0.4, 0.5) is 0 Å². The molecular weight excluding hydrogens is 235 g/mol. The molecule has 0 atom stereocenters. The molecular formula is C14H16ClP. The second-order valence-electron chi connectivity index (χ2n) is 3.86. The highest BCUT2D eigenvalue weighted by Gasteiger charge is 1.95. The van der Waals surface area contributed by atoms with Crippen LogP contribution in [0.1, 0.15) is 11.1 Å². The molecule has 0 spiro atoms. The van der Waals surface area contributed by atoms with Crippen molar-refractivity contribution < 1.29 is 0 Å². The maximum Gasteiger partial charge on any atom is -0.0226 e. The molecule has 0 fully saturated rings. The van der Waals surface area contributed by atoms with E-state index in [1.54, 1.807) is 0 Å². The van der Waals surface area contributed by atoms with Gasteiger partial charge in [0.15, 0.2) is 0 Å². The van der Waals surface area contributed by atoms with Crippen molar-refractivity contribution in [1.29, 1.82) is 0 Å². The van der Waals surface area contributed by atoms with E-state index in [-0.39, 0.29) is 12.4 Å². The standard InChI is InChI=1S/C14H15P.ClH/c1-11-3-7-13(8-4-11)15-14-9-5-12(2)6-10-14;/h3-10,15H,1-2H3;1H. The summed E-state index contributed by atoms with van der Waals surface area (Å²) in [7, 11) is 0.769. The molecule has 0 bridgehead atoms. The first-order valence-electron chi connectivity index (χ1n) is 5.14. The Hall–Kier alpha value is -0.840. The minimum Gasteiger partial charge on any atom is -0.147 e. The van der Waals surface area contributed by atoms with Crippen LogP contribution < -0.4 is 10.6 Å². The van der Waals surface area contributed by atoms with Crippen molar-refractivity contribution in [2.24, 2.45) is 0 Å². The van der Waals surface area contributed by atoms with Gasteiger partial charge in [-0.05, 0) is 24.5 Å². The van der Waals surface area contributed by atoms with Crippen molar-refractivity contribution in [2.75, 3.05) is 0 Å². The van der Waals surface area contributed by atoms with Crippen LogP contribution in [0, 0.1) is 13.8 Å². The van der Waals surface area contributed by atoms with Gasteiger partial charge in [0.1, 0.15) is 0 Å². The Labute approximate surface area is 105 Å². The third-order valence-corrected chi connectivity index (χ3v) is 3.64. The molecule has 0 nitrogen and oxygen atoms in total. The predicted octanol–water partition coefficient (Wildman–Crippen LogP) is 3.35. The molecule has 0 saturated heterocycles. The summed E-state index contributed by atoms with van der Waals surface area (Å²) in [5.74, 6) is 0. The molecule has 2 rings (SSSR count). The van der Waals surface area contributed by atoms with Gasteiger partial charge in [-0.25, -0.2) is 0 Å². The van der Waals surface area contributed by atoms with E-state index in [1.165, 1.54) is 21.7 Å². The third-order valence-electron chi connectivity index (χ3n) is 2.39. The first kappa shape index (κ1) is 13.2. The van der Waals surface area contributed by atoms with E-state index in [0.717, 1.165) is 8.58 Å². The van der Waals surface area contributed by atoms with Crippen molar-refractivity contribution in [2.45, 2.75) is 13.8 Å². The van der Waals surface area contributed by atoms with Crippen LogP contribution in [-0.4, -0.2) is 0 Å². The summed E-state index contributed by atoms with van der Waals surface area (Å²) in [4.78, 5) is 0. The molecule has 0 amide bonds. The maximum atomic E-state index is 2.22. The van der Waals surface area contributed by atoms with E-state index in [1.807, 2.05) is 0 Å². The largest absolute Gasteiger partial charge is 0.147 e. The predicted molar refractivity (Wildman–Crippen MR) is 77.2 cm³/mol. The Morgan fingerprint density at radius 1 is 0.625 bits per heavy atom. The molecule has 0 aliphatic carbocycles. The summed E-state index contributed by atoms with van der Waals surface area (Å²) in [5.41, 5.74) is 2.65. The zero-order valence-corrected chi connectivity index (χ0v) is 11.3. The highest BCUT2D eigenvalue weighted by Crippen LogP contribution is 2.11. The fourth-order valence-electron chi connectivity index (χ4n) is 1.44. The van der Waals surface area contributed by atoms with Gasteiger partial charge < -0.3 is 0 Å². The molecule has 0 heterocycles.